The molecular formula is C49H28N2. The molecule has 0 unspecified atom stereocenters. The number of para-hydroxylation sites is 1. The molecule has 0 aliphatic rings. The van der Waals surface area contributed by atoms with Gasteiger partial charge in [0.1, 0.15) is 0 Å². The molecule has 0 radical (unpaired) electrons. The number of benzene rings is 10. The summed E-state index contributed by atoms with van der Waals surface area (Å²) in [6.07, 6.45) is 0. The fourth-order valence-electron chi connectivity index (χ4n) is 8.71. The highest BCUT2D eigenvalue weighted by Crippen LogP contribution is 2.45. The first-order chi connectivity index (χ1) is 25.3. The lowest BCUT2D eigenvalue weighted by Crippen LogP contribution is -1.93. The number of aromatic nitrogens is 1. The Morgan fingerprint density at radius 2 is 0.784 bits per heavy atom. The minimum absolute atomic E-state index is 0.704. The fourth-order valence-corrected chi connectivity index (χ4v) is 8.71. The van der Waals surface area contributed by atoms with Crippen LogP contribution in [0.15, 0.2) is 170 Å². The van der Waals surface area contributed by atoms with E-state index in [-0.39, 0.29) is 0 Å². The SMILES string of the molecule is N#Cc1ccc2c3c1ccc1c(-c4ccc(-c5ccc6ccc7c(-c8ccccc8)ccc8ccc5c6c87)cc4)ccc(c13)n2-c1ccccc1. The first-order valence-electron chi connectivity index (χ1n) is 17.4. The van der Waals surface area contributed by atoms with Gasteiger partial charge in [0.15, 0.2) is 0 Å². The number of rotatable bonds is 4. The van der Waals surface area contributed by atoms with Gasteiger partial charge in [-0.3, -0.25) is 0 Å². The molecule has 0 spiro atoms. The molecule has 0 saturated heterocycles. The van der Waals surface area contributed by atoms with Crippen LogP contribution in [0.2, 0.25) is 0 Å². The van der Waals surface area contributed by atoms with E-state index in [1.165, 1.54) is 76.5 Å². The lowest BCUT2D eigenvalue weighted by Gasteiger charge is -2.17. The Kier molecular flexibility index (Phi) is 5.77. The van der Waals surface area contributed by atoms with Gasteiger partial charge in [-0.2, -0.15) is 5.26 Å². The zero-order chi connectivity index (χ0) is 33.6. The predicted molar refractivity (Wildman–Crippen MR) is 214 cm³/mol. The van der Waals surface area contributed by atoms with Gasteiger partial charge in [0, 0.05) is 21.8 Å². The molecule has 1 aromatic heterocycles. The topological polar surface area (TPSA) is 28.7 Å². The summed E-state index contributed by atoms with van der Waals surface area (Å²) in [6, 6.07) is 63.8. The standard InChI is InChI=1S/C49H28N2/c50-29-35-19-27-44-48-40(35)24-25-43-39(26-28-45(49(43)48)51(44)36-9-5-2-6-10-36)32-13-11-31(12-14-32)38-21-16-34-17-22-41-37(30-7-3-1-4-8-30)20-15-33-18-23-42(38)47(34)46(33)41/h1-28H. The number of hydrogen-bond acceptors (Lipinski definition) is 1. The Labute approximate surface area is 294 Å². The van der Waals surface area contributed by atoms with Gasteiger partial charge < -0.3 is 4.57 Å². The van der Waals surface area contributed by atoms with Crippen LogP contribution in [0.1, 0.15) is 5.56 Å². The van der Waals surface area contributed by atoms with Gasteiger partial charge in [0.2, 0.25) is 0 Å². The minimum Gasteiger partial charge on any atom is -0.309 e. The molecule has 234 valence electrons. The van der Waals surface area contributed by atoms with E-state index in [0.29, 0.717) is 5.56 Å². The maximum atomic E-state index is 9.99. The van der Waals surface area contributed by atoms with E-state index in [9.17, 15) is 5.26 Å². The van der Waals surface area contributed by atoms with Crippen molar-refractivity contribution < 1.29 is 0 Å². The summed E-state index contributed by atoms with van der Waals surface area (Å²) in [6.45, 7) is 0. The molecule has 1 heterocycles. The first kappa shape index (κ1) is 27.9. The molecule has 0 fully saturated rings. The second kappa shape index (κ2) is 10.5. The van der Waals surface area contributed by atoms with E-state index in [4.69, 9.17) is 0 Å². The highest BCUT2D eigenvalue weighted by Gasteiger charge is 2.21. The van der Waals surface area contributed by atoms with Gasteiger partial charge in [0.25, 0.3) is 0 Å². The first-order valence-corrected chi connectivity index (χ1v) is 17.4. The van der Waals surface area contributed by atoms with Gasteiger partial charge in [-0.25, -0.2) is 0 Å². The molecule has 0 aliphatic heterocycles. The Bertz CT molecular complexity index is 3160. The fraction of sp³-hybridized carbons (Fsp3) is 0. The molecule has 11 rings (SSSR count). The predicted octanol–water partition coefficient (Wildman–Crippen LogP) is 13.1. The van der Waals surface area contributed by atoms with Gasteiger partial charge in [-0.15, -0.1) is 0 Å². The van der Waals surface area contributed by atoms with Crippen molar-refractivity contribution in [3.05, 3.63) is 175 Å². The van der Waals surface area contributed by atoms with Crippen LogP contribution in [-0.2, 0) is 0 Å². The zero-order valence-electron chi connectivity index (χ0n) is 27.6. The van der Waals surface area contributed by atoms with E-state index >= 15 is 0 Å². The second-order valence-electron chi connectivity index (χ2n) is 13.6. The van der Waals surface area contributed by atoms with Gasteiger partial charge in [0.05, 0.1) is 22.7 Å². The zero-order valence-corrected chi connectivity index (χ0v) is 27.6. The van der Waals surface area contributed by atoms with Crippen molar-refractivity contribution in [2.24, 2.45) is 0 Å². The Balaban J connectivity index is 1.08. The lowest BCUT2D eigenvalue weighted by atomic mass is 9.87. The maximum absolute atomic E-state index is 9.99. The van der Waals surface area contributed by atoms with Crippen LogP contribution in [0, 0.1) is 11.3 Å². The van der Waals surface area contributed by atoms with Crippen molar-refractivity contribution >= 4 is 64.9 Å². The Morgan fingerprint density at radius 3 is 1.37 bits per heavy atom. The van der Waals surface area contributed by atoms with Crippen molar-refractivity contribution in [3.63, 3.8) is 0 Å². The molecule has 0 N–H and O–H groups in total. The third kappa shape index (κ3) is 3.92. The van der Waals surface area contributed by atoms with Crippen molar-refractivity contribution in [1.82, 2.24) is 4.57 Å². The number of hydrogen-bond donors (Lipinski definition) is 0. The van der Waals surface area contributed by atoms with Gasteiger partial charge in [-0.05, 0) is 101 Å². The van der Waals surface area contributed by atoms with Crippen molar-refractivity contribution in [2.45, 2.75) is 0 Å². The minimum atomic E-state index is 0.704. The summed E-state index contributed by atoms with van der Waals surface area (Å²) in [5.41, 5.74) is 11.4. The largest absolute Gasteiger partial charge is 0.309 e. The van der Waals surface area contributed by atoms with Crippen LogP contribution in [0.3, 0.4) is 0 Å². The van der Waals surface area contributed by atoms with Crippen molar-refractivity contribution in [2.75, 3.05) is 0 Å². The summed E-state index contributed by atoms with van der Waals surface area (Å²) in [4.78, 5) is 0. The maximum Gasteiger partial charge on any atom is 0.0998 e. The highest BCUT2D eigenvalue weighted by molar-refractivity contribution is 6.29. The molecule has 0 atom stereocenters. The molecule has 0 bridgehead atoms. The number of nitriles is 1. The van der Waals surface area contributed by atoms with Gasteiger partial charge >= 0.3 is 0 Å². The average molecular weight is 645 g/mol. The average Bonchev–Trinajstić information content (AvgIpc) is 3.55. The third-order valence-corrected chi connectivity index (χ3v) is 11.0. The van der Waals surface area contributed by atoms with Crippen LogP contribution in [-0.4, -0.2) is 4.57 Å². The Morgan fingerprint density at radius 1 is 0.353 bits per heavy atom. The molecular weight excluding hydrogens is 617 g/mol. The second-order valence-corrected chi connectivity index (χ2v) is 13.6. The quantitative estimate of drug-likeness (QED) is 0.175. The summed E-state index contributed by atoms with van der Waals surface area (Å²) in [5.74, 6) is 0. The molecule has 0 amide bonds. The number of nitrogens with zero attached hydrogens (tertiary/aromatic N) is 2. The smallest absolute Gasteiger partial charge is 0.0998 e. The van der Waals surface area contributed by atoms with E-state index in [0.717, 1.165) is 27.5 Å². The van der Waals surface area contributed by atoms with E-state index in [2.05, 4.69) is 168 Å². The Hall–Kier alpha value is -6.95. The summed E-state index contributed by atoms with van der Waals surface area (Å²) < 4.78 is 2.33. The third-order valence-electron chi connectivity index (χ3n) is 11.0. The molecule has 51 heavy (non-hydrogen) atoms. The monoisotopic (exact) mass is 644 g/mol. The van der Waals surface area contributed by atoms with Crippen LogP contribution >= 0.6 is 0 Å². The van der Waals surface area contributed by atoms with Crippen LogP contribution in [0.5, 0.6) is 0 Å². The van der Waals surface area contributed by atoms with E-state index in [1.54, 1.807) is 0 Å². The van der Waals surface area contributed by atoms with E-state index < -0.39 is 0 Å². The van der Waals surface area contributed by atoms with Crippen molar-refractivity contribution in [3.8, 4) is 45.1 Å². The molecule has 10 aromatic carbocycles. The van der Waals surface area contributed by atoms with E-state index in [1.807, 2.05) is 12.1 Å². The normalized spacial score (nSPS) is 11.9. The van der Waals surface area contributed by atoms with Gasteiger partial charge in [-0.1, -0.05) is 140 Å². The summed E-state index contributed by atoms with van der Waals surface area (Å²) in [7, 11) is 0. The molecule has 2 heteroatoms. The molecule has 0 aliphatic carbocycles. The highest BCUT2D eigenvalue weighted by atomic mass is 15.0. The van der Waals surface area contributed by atoms with Crippen molar-refractivity contribution in [1.29, 1.82) is 5.26 Å². The van der Waals surface area contributed by atoms with Crippen LogP contribution < -0.4 is 0 Å². The van der Waals surface area contributed by atoms with Crippen LogP contribution in [0.4, 0.5) is 0 Å². The summed E-state index contributed by atoms with van der Waals surface area (Å²) >= 11 is 0. The molecule has 0 saturated carbocycles. The molecule has 2 nitrogen and oxygen atoms in total. The molecule has 11 aromatic rings. The lowest BCUT2D eigenvalue weighted by molar-refractivity contribution is 1.18. The van der Waals surface area contributed by atoms with Crippen LogP contribution in [0.25, 0.3) is 104 Å². The summed E-state index contributed by atoms with van der Waals surface area (Å²) in [5, 5.41) is 22.3.